The third-order valence-electron chi connectivity index (χ3n) is 6.87. The van der Waals surface area contributed by atoms with Crippen molar-refractivity contribution in [1.29, 1.82) is 5.26 Å². The van der Waals surface area contributed by atoms with Crippen LogP contribution in [0.1, 0.15) is 105 Å². The number of Topliss-reactive ketones (excluding diaryl/α,β-unsaturated/α-hetero) is 1. The standard InChI is InChI=1S/C23H32N2O3/c1-3-4-7-16-10-12-17(13-11-16)21(26)20-15(2)19(14-24)22(27)25(23(20)28)18-8-5-6-9-18/h16-18,28H,3-13H2,1-2H3. The number of carbonyl (C=O) groups excluding carboxylic acids is 1. The number of unbranched alkanes of at least 4 members (excludes halogenated alkanes) is 1. The van der Waals surface area contributed by atoms with E-state index in [1.165, 1.54) is 23.8 Å². The Morgan fingerprint density at radius 1 is 1.18 bits per heavy atom. The van der Waals surface area contributed by atoms with E-state index in [4.69, 9.17) is 0 Å². The Bertz CT molecular complexity index is 820. The molecule has 28 heavy (non-hydrogen) atoms. The van der Waals surface area contributed by atoms with Gasteiger partial charge in [0, 0.05) is 12.0 Å². The molecular weight excluding hydrogens is 352 g/mol. The number of rotatable bonds is 6. The number of aromatic nitrogens is 1. The molecule has 2 saturated carbocycles. The summed E-state index contributed by atoms with van der Waals surface area (Å²) in [6, 6.07) is 1.87. The normalized spacial score (nSPS) is 22.9. The van der Waals surface area contributed by atoms with Crippen molar-refractivity contribution in [3.05, 3.63) is 27.0 Å². The lowest BCUT2D eigenvalue weighted by atomic mass is 9.76. The van der Waals surface area contributed by atoms with E-state index in [2.05, 4.69) is 6.92 Å². The zero-order valence-corrected chi connectivity index (χ0v) is 17.2. The average Bonchev–Trinajstić information content (AvgIpc) is 3.21. The van der Waals surface area contributed by atoms with Crippen molar-refractivity contribution in [3.63, 3.8) is 0 Å². The van der Waals surface area contributed by atoms with Crippen molar-refractivity contribution in [3.8, 4) is 11.9 Å². The Kier molecular flexibility index (Phi) is 6.59. The molecular formula is C23H32N2O3. The van der Waals surface area contributed by atoms with E-state index in [9.17, 15) is 20.0 Å². The molecule has 0 saturated heterocycles. The molecule has 5 heteroatoms. The predicted molar refractivity (Wildman–Crippen MR) is 109 cm³/mol. The van der Waals surface area contributed by atoms with Crippen LogP contribution >= 0.6 is 0 Å². The maximum absolute atomic E-state index is 13.3. The second kappa shape index (κ2) is 8.94. The number of hydrogen-bond acceptors (Lipinski definition) is 4. The van der Waals surface area contributed by atoms with Gasteiger partial charge in [0.05, 0.1) is 5.56 Å². The highest BCUT2D eigenvalue weighted by Crippen LogP contribution is 2.38. The Morgan fingerprint density at radius 3 is 2.39 bits per heavy atom. The van der Waals surface area contributed by atoms with E-state index in [0.29, 0.717) is 11.5 Å². The van der Waals surface area contributed by atoms with Crippen LogP contribution in [0, 0.1) is 30.1 Å². The van der Waals surface area contributed by atoms with E-state index in [1.807, 2.05) is 6.07 Å². The molecule has 0 bridgehead atoms. The van der Waals surface area contributed by atoms with E-state index in [0.717, 1.165) is 51.4 Å². The monoisotopic (exact) mass is 384 g/mol. The molecule has 5 nitrogen and oxygen atoms in total. The zero-order chi connectivity index (χ0) is 20.3. The van der Waals surface area contributed by atoms with Crippen molar-refractivity contribution in [2.45, 2.75) is 90.5 Å². The largest absolute Gasteiger partial charge is 0.494 e. The van der Waals surface area contributed by atoms with Gasteiger partial charge in [-0.05, 0) is 56.9 Å². The molecule has 1 aromatic heterocycles. The first kappa shape index (κ1) is 20.6. The molecule has 2 fully saturated rings. The molecule has 0 spiro atoms. The molecule has 0 amide bonds. The minimum atomic E-state index is -0.454. The molecule has 152 valence electrons. The molecule has 0 radical (unpaired) electrons. The van der Waals surface area contributed by atoms with Crippen LogP contribution in [0.15, 0.2) is 4.79 Å². The second-order valence-electron chi connectivity index (χ2n) is 8.65. The topological polar surface area (TPSA) is 83.1 Å². The van der Waals surface area contributed by atoms with Crippen LogP contribution in [0.2, 0.25) is 0 Å². The Labute approximate surface area is 167 Å². The smallest absolute Gasteiger partial charge is 0.271 e. The van der Waals surface area contributed by atoms with Crippen LogP contribution in [0.5, 0.6) is 5.88 Å². The van der Waals surface area contributed by atoms with Crippen molar-refractivity contribution >= 4 is 5.78 Å². The van der Waals surface area contributed by atoms with E-state index < -0.39 is 5.56 Å². The number of hydrogen-bond donors (Lipinski definition) is 1. The summed E-state index contributed by atoms with van der Waals surface area (Å²) in [7, 11) is 0. The molecule has 2 aliphatic rings. The highest BCUT2D eigenvalue weighted by Gasteiger charge is 2.33. The molecule has 2 aliphatic carbocycles. The van der Waals surface area contributed by atoms with Gasteiger partial charge in [0.25, 0.3) is 5.56 Å². The van der Waals surface area contributed by atoms with Gasteiger partial charge in [-0.2, -0.15) is 5.26 Å². The average molecular weight is 385 g/mol. The van der Waals surface area contributed by atoms with Gasteiger partial charge in [0.1, 0.15) is 11.6 Å². The number of carbonyl (C=O) groups is 1. The highest BCUT2D eigenvalue weighted by atomic mass is 16.3. The van der Waals surface area contributed by atoms with Crippen LogP contribution in [-0.2, 0) is 0 Å². The second-order valence-corrected chi connectivity index (χ2v) is 8.65. The molecule has 0 aromatic carbocycles. The van der Waals surface area contributed by atoms with Crippen molar-refractivity contribution < 1.29 is 9.90 Å². The molecule has 1 N–H and O–H groups in total. The van der Waals surface area contributed by atoms with E-state index in [-0.39, 0.29) is 34.7 Å². The predicted octanol–water partition coefficient (Wildman–Crippen LogP) is 5.03. The summed E-state index contributed by atoms with van der Waals surface area (Å²) >= 11 is 0. The summed E-state index contributed by atoms with van der Waals surface area (Å²) in [5.74, 6) is 0.267. The summed E-state index contributed by atoms with van der Waals surface area (Å²) in [5, 5.41) is 20.5. The lowest BCUT2D eigenvalue weighted by Gasteiger charge is -2.29. The third kappa shape index (κ3) is 3.87. The van der Waals surface area contributed by atoms with Crippen LogP contribution in [-0.4, -0.2) is 15.5 Å². The maximum Gasteiger partial charge on any atom is 0.271 e. The van der Waals surface area contributed by atoms with Gasteiger partial charge in [-0.3, -0.25) is 14.2 Å². The van der Waals surface area contributed by atoms with Gasteiger partial charge in [0.2, 0.25) is 5.88 Å². The quantitative estimate of drug-likeness (QED) is 0.697. The maximum atomic E-state index is 13.3. The Hall–Kier alpha value is -2.09. The fourth-order valence-electron chi connectivity index (χ4n) is 5.13. The highest BCUT2D eigenvalue weighted by molar-refractivity contribution is 6.01. The van der Waals surface area contributed by atoms with Crippen molar-refractivity contribution in [2.75, 3.05) is 0 Å². The summed E-state index contributed by atoms with van der Waals surface area (Å²) in [4.78, 5) is 26.1. The fraction of sp³-hybridized carbons (Fsp3) is 0.696. The van der Waals surface area contributed by atoms with Gasteiger partial charge < -0.3 is 5.11 Å². The third-order valence-corrected chi connectivity index (χ3v) is 6.87. The number of ketones is 1. The summed E-state index contributed by atoms with van der Waals surface area (Å²) in [6.07, 6.45) is 11.0. The van der Waals surface area contributed by atoms with Gasteiger partial charge in [0.15, 0.2) is 5.78 Å². The zero-order valence-electron chi connectivity index (χ0n) is 17.2. The summed E-state index contributed by atoms with van der Waals surface area (Å²) in [5.41, 5.74) is 0.103. The van der Waals surface area contributed by atoms with Crippen molar-refractivity contribution in [1.82, 2.24) is 4.57 Å². The SMILES string of the molecule is CCCCC1CCC(C(=O)c2c(C)c(C#N)c(=O)n(C3CCCC3)c2O)CC1. The molecule has 1 heterocycles. The van der Waals surface area contributed by atoms with Crippen LogP contribution < -0.4 is 5.56 Å². The van der Waals surface area contributed by atoms with E-state index in [1.54, 1.807) is 6.92 Å². The number of nitriles is 1. The Balaban J connectivity index is 1.91. The first-order valence-electron chi connectivity index (χ1n) is 10.9. The number of nitrogens with zero attached hydrogens (tertiary/aromatic N) is 2. The first-order valence-corrected chi connectivity index (χ1v) is 10.9. The summed E-state index contributed by atoms with van der Waals surface area (Å²) in [6.45, 7) is 3.82. The Morgan fingerprint density at radius 2 is 1.82 bits per heavy atom. The molecule has 1 aromatic rings. The molecule has 0 atom stereocenters. The van der Waals surface area contributed by atoms with Gasteiger partial charge in [-0.15, -0.1) is 0 Å². The van der Waals surface area contributed by atoms with Crippen LogP contribution in [0.4, 0.5) is 0 Å². The van der Waals surface area contributed by atoms with Crippen LogP contribution in [0.3, 0.4) is 0 Å². The number of aromatic hydroxyl groups is 1. The number of pyridine rings is 1. The first-order chi connectivity index (χ1) is 13.5. The minimum Gasteiger partial charge on any atom is -0.494 e. The molecule has 0 unspecified atom stereocenters. The van der Waals surface area contributed by atoms with Crippen molar-refractivity contribution in [2.24, 2.45) is 11.8 Å². The van der Waals surface area contributed by atoms with E-state index >= 15 is 0 Å². The lowest BCUT2D eigenvalue weighted by molar-refractivity contribution is 0.0863. The van der Waals surface area contributed by atoms with Crippen LogP contribution in [0.25, 0.3) is 0 Å². The molecule has 0 aliphatic heterocycles. The van der Waals surface area contributed by atoms with Gasteiger partial charge in [-0.1, -0.05) is 39.0 Å². The lowest BCUT2D eigenvalue weighted by Crippen LogP contribution is -2.31. The molecule has 3 rings (SSSR count). The van der Waals surface area contributed by atoms with Gasteiger partial charge >= 0.3 is 0 Å². The van der Waals surface area contributed by atoms with Gasteiger partial charge in [-0.25, -0.2) is 0 Å². The minimum absolute atomic E-state index is 0.00433. The fourth-order valence-corrected chi connectivity index (χ4v) is 5.13. The summed E-state index contributed by atoms with van der Waals surface area (Å²) < 4.78 is 1.33.